The van der Waals surface area contributed by atoms with Crippen LogP contribution >= 0.6 is 0 Å². The fourth-order valence-electron chi connectivity index (χ4n) is 5.15. The summed E-state index contributed by atoms with van der Waals surface area (Å²) in [6.07, 6.45) is 11.6. The van der Waals surface area contributed by atoms with Gasteiger partial charge in [-0.2, -0.15) is 4.39 Å². The average Bonchev–Trinajstić information content (AvgIpc) is 3.01. The molecule has 3 aromatic rings. The second-order valence-corrected chi connectivity index (χ2v) is 10.7. The van der Waals surface area contributed by atoms with Gasteiger partial charge in [0.1, 0.15) is 0 Å². The van der Waals surface area contributed by atoms with E-state index in [9.17, 15) is 8.78 Å². The van der Waals surface area contributed by atoms with E-state index in [1.165, 1.54) is 37.5 Å². The highest BCUT2D eigenvalue weighted by Crippen LogP contribution is 2.35. The first-order chi connectivity index (χ1) is 20.4. The second kappa shape index (κ2) is 15.9. The standard InChI is InChI=1S/C35H40F4O3/c1-3-5-7-8-9-11-21-40-30-20-19-28(34(38)35(30)39)25-15-13-24(14-16-25)27-17-18-29(33(37)32(27)36)26-22-41-31(42-23-26)12-10-6-4-2/h4,6,13-20,26,31H,3,5,7-12,21-23H2,1-2H3. The molecule has 0 saturated carbocycles. The summed E-state index contributed by atoms with van der Waals surface area (Å²) in [6.45, 7) is 4.92. The number of ether oxygens (including phenoxy) is 3. The van der Waals surface area contributed by atoms with Crippen LogP contribution in [0.4, 0.5) is 17.6 Å². The fraction of sp³-hybridized carbons (Fsp3) is 0.429. The molecule has 0 atom stereocenters. The normalized spacial score (nSPS) is 17.2. The summed E-state index contributed by atoms with van der Waals surface area (Å²) in [5, 5.41) is 0. The topological polar surface area (TPSA) is 27.7 Å². The van der Waals surface area contributed by atoms with Crippen LogP contribution in [-0.2, 0) is 9.47 Å². The van der Waals surface area contributed by atoms with Gasteiger partial charge in [0.05, 0.1) is 19.8 Å². The number of allylic oxidation sites excluding steroid dienone is 2. The molecule has 0 spiro atoms. The Morgan fingerprint density at radius 3 is 1.98 bits per heavy atom. The van der Waals surface area contributed by atoms with Crippen LogP contribution in [0.3, 0.4) is 0 Å². The Labute approximate surface area is 246 Å². The number of benzene rings is 3. The average molecular weight is 585 g/mol. The van der Waals surface area contributed by atoms with Crippen LogP contribution in [0, 0.1) is 23.3 Å². The summed E-state index contributed by atoms with van der Waals surface area (Å²) in [5.41, 5.74) is 1.18. The van der Waals surface area contributed by atoms with Crippen molar-refractivity contribution < 1.29 is 31.8 Å². The smallest absolute Gasteiger partial charge is 0.201 e. The largest absolute Gasteiger partial charge is 0.490 e. The van der Waals surface area contributed by atoms with Crippen molar-refractivity contribution in [1.29, 1.82) is 0 Å². The first-order valence-corrected chi connectivity index (χ1v) is 15.0. The third-order valence-electron chi connectivity index (χ3n) is 7.63. The highest BCUT2D eigenvalue weighted by molar-refractivity contribution is 5.72. The summed E-state index contributed by atoms with van der Waals surface area (Å²) in [5.74, 6) is -4.48. The highest BCUT2D eigenvalue weighted by Gasteiger charge is 2.27. The zero-order valence-electron chi connectivity index (χ0n) is 24.4. The fourth-order valence-corrected chi connectivity index (χ4v) is 5.15. The molecule has 42 heavy (non-hydrogen) atoms. The van der Waals surface area contributed by atoms with Crippen molar-refractivity contribution in [2.24, 2.45) is 0 Å². The van der Waals surface area contributed by atoms with Crippen molar-refractivity contribution in [1.82, 2.24) is 0 Å². The summed E-state index contributed by atoms with van der Waals surface area (Å²) < 4.78 is 76.9. The Morgan fingerprint density at radius 2 is 1.33 bits per heavy atom. The molecule has 1 saturated heterocycles. The van der Waals surface area contributed by atoms with E-state index in [2.05, 4.69) is 6.92 Å². The Balaban J connectivity index is 1.39. The SMILES string of the molecule is CC=CCCC1OCC(c2ccc(-c3ccc(-c4ccc(OCCCCCCCC)c(F)c4F)cc3)c(F)c2F)CO1. The second-order valence-electron chi connectivity index (χ2n) is 10.7. The number of halogens is 4. The molecule has 0 aliphatic carbocycles. The molecule has 0 radical (unpaired) electrons. The minimum Gasteiger partial charge on any atom is -0.490 e. The number of hydrogen-bond donors (Lipinski definition) is 0. The van der Waals surface area contributed by atoms with Gasteiger partial charge in [-0.25, -0.2) is 13.2 Å². The molecule has 4 rings (SSSR count). The summed E-state index contributed by atoms with van der Waals surface area (Å²) in [6, 6.07) is 12.2. The molecule has 0 bridgehead atoms. The van der Waals surface area contributed by atoms with Gasteiger partial charge in [-0.3, -0.25) is 0 Å². The van der Waals surface area contributed by atoms with Crippen molar-refractivity contribution in [2.45, 2.75) is 77.4 Å². The molecule has 1 aliphatic heterocycles. The van der Waals surface area contributed by atoms with Crippen LogP contribution in [0.1, 0.15) is 76.7 Å². The summed E-state index contributed by atoms with van der Waals surface area (Å²) in [4.78, 5) is 0. The highest BCUT2D eigenvalue weighted by atomic mass is 19.2. The van der Waals surface area contributed by atoms with Crippen molar-refractivity contribution >= 4 is 0 Å². The first kappa shape index (κ1) is 31.8. The minimum atomic E-state index is -1.04. The molecule has 0 aromatic heterocycles. The number of rotatable bonds is 14. The lowest BCUT2D eigenvalue weighted by molar-refractivity contribution is -0.189. The van der Waals surface area contributed by atoms with Gasteiger partial charge in [-0.05, 0) is 48.6 Å². The van der Waals surface area contributed by atoms with Crippen molar-refractivity contribution in [3.05, 3.63) is 89.5 Å². The van der Waals surface area contributed by atoms with E-state index >= 15 is 8.78 Å². The number of hydrogen-bond acceptors (Lipinski definition) is 3. The van der Waals surface area contributed by atoms with Crippen molar-refractivity contribution in [3.63, 3.8) is 0 Å². The van der Waals surface area contributed by atoms with Gasteiger partial charge < -0.3 is 14.2 Å². The van der Waals surface area contributed by atoms with Gasteiger partial charge >= 0.3 is 0 Å². The van der Waals surface area contributed by atoms with Gasteiger partial charge in [-0.15, -0.1) is 0 Å². The molecule has 1 aliphatic rings. The van der Waals surface area contributed by atoms with Gasteiger partial charge in [-0.1, -0.05) is 87.6 Å². The van der Waals surface area contributed by atoms with E-state index < -0.39 is 29.2 Å². The molecule has 3 nitrogen and oxygen atoms in total. The summed E-state index contributed by atoms with van der Waals surface area (Å²) in [7, 11) is 0. The first-order valence-electron chi connectivity index (χ1n) is 15.0. The molecular formula is C35H40F4O3. The van der Waals surface area contributed by atoms with Gasteiger partial charge in [0.15, 0.2) is 29.5 Å². The number of unbranched alkanes of at least 4 members (excludes halogenated alkanes) is 5. The van der Waals surface area contributed by atoms with Gasteiger partial charge in [0.25, 0.3) is 0 Å². The summed E-state index contributed by atoms with van der Waals surface area (Å²) >= 11 is 0. The lowest BCUT2D eigenvalue weighted by Gasteiger charge is -2.30. The van der Waals surface area contributed by atoms with E-state index in [4.69, 9.17) is 14.2 Å². The van der Waals surface area contributed by atoms with Crippen LogP contribution in [0.2, 0.25) is 0 Å². The van der Waals surface area contributed by atoms with Crippen LogP contribution < -0.4 is 4.74 Å². The van der Waals surface area contributed by atoms with Crippen LogP contribution in [0.15, 0.2) is 60.7 Å². The molecule has 0 N–H and O–H groups in total. The lowest BCUT2D eigenvalue weighted by Crippen LogP contribution is -2.31. The molecule has 7 heteroatoms. The predicted octanol–water partition coefficient (Wildman–Crippen LogP) is 10.1. The monoisotopic (exact) mass is 584 g/mol. The Kier molecular flexibility index (Phi) is 12.0. The molecule has 1 fully saturated rings. The van der Waals surface area contributed by atoms with Crippen LogP contribution in [-0.4, -0.2) is 26.1 Å². The molecule has 1 heterocycles. The van der Waals surface area contributed by atoms with E-state index in [-0.39, 0.29) is 41.9 Å². The lowest BCUT2D eigenvalue weighted by atomic mass is 9.94. The molecule has 0 unspecified atom stereocenters. The van der Waals surface area contributed by atoms with Crippen LogP contribution in [0.5, 0.6) is 5.75 Å². The zero-order chi connectivity index (χ0) is 29.9. The predicted molar refractivity (Wildman–Crippen MR) is 158 cm³/mol. The third kappa shape index (κ3) is 8.01. The minimum absolute atomic E-state index is 0.0642. The van der Waals surface area contributed by atoms with E-state index in [0.717, 1.165) is 25.7 Å². The molecule has 226 valence electrons. The van der Waals surface area contributed by atoms with E-state index in [1.807, 2.05) is 19.1 Å². The Bertz CT molecular complexity index is 1310. The van der Waals surface area contributed by atoms with Crippen LogP contribution in [0.25, 0.3) is 22.3 Å². The molecule has 0 amide bonds. The Hall–Kier alpha value is -3.16. The van der Waals surface area contributed by atoms with Gasteiger partial charge in [0, 0.05) is 23.5 Å². The van der Waals surface area contributed by atoms with Gasteiger partial charge in [0.2, 0.25) is 5.82 Å². The maximum atomic E-state index is 15.2. The van der Waals surface area contributed by atoms with Crippen molar-refractivity contribution in [3.8, 4) is 28.0 Å². The maximum Gasteiger partial charge on any atom is 0.201 e. The molecular weight excluding hydrogens is 544 g/mol. The Morgan fingerprint density at radius 1 is 0.738 bits per heavy atom. The maximum absolute atomic E-state index is 15.2. The zero-order valence-corrected chi connectivity index (χ0v) is 24.4. The van der Waals surface area contributed by atoms with E-state index in [0.29, 0.717) is 24.2 Å². The third-order valence-corrected chi connectivity index (χ3v) is 7.63. The quantitative estimate of drug-likeness (QED) is 0.107. The molecule has 3 aromatic carbocycles. The van der Waals surface area contributed by atoms with Crippen molar-refractivity contribution in [2.75, 3.05) is 19.8 Å². The van der Waals surface area contributed by atoms with E-state index in [1.54, 1.807) is 30.3 Å².